The van der Waals surface area contributed by atoms with Crippen molar-refractivity contribution < 1.29 is 24.9 Å². The SMILES string of the molecule is C[C@@H](CCC(=O)O)[C@@H]1CC[C@@H]2[C@@H]3[C@@H](C[C@@H](O)[C@]21C)[C@]1(C)CCC(=O)C[C@H]1C[C@@H]3O. The Labute approximate surface area is 174 Å². The molecule has 0 aromatic rings. The summed E-state index contributed by atoms with van der Waals surface area (Å²) in [5.41, 5.74) is -0.221. The first-order valence-corrected chi connectivity index (χ1v) is 11.7. The molecular formula is C24H38O5. The lowest BCUT2D eigenvalue weighted by molar-refractivity contribution is -0.201. The molecule has 0 aliphatic heterocycles. The molecule has 0 aromatic carbocycles. The number of aliphatic hydroxyl groups excluding tert-OH is 2. The molecule has 4 fully saturated rings. The Morgan fingerprint density at radius 1 is 1.17 bits per heavy atom. The van der Waals surface area contributed by atoms with Crippen LogP contribution in [0.4, 0.5) is 0 Å². The van der Waals surface area contributed by atoms with Gasteiger partial charge < -0.3 is 15.3 Å². The quantitative estimate of drug-likeness (QED) is 0.662. The van der Waals surface area contributed by atoms with Crippen molar-refractivity contribution in [2.24, 2.45) is 46.3 Å². The zero-order chi connectivity index (χ0) is 21.1. The van der Waals surface area contributed by atoms with Crippen LogP contribution >= 0.6 is 0 Å². The summed E-state index contributed by atoms with van der Waals surface area (Å²) in [7, 11) is 0. The van der Waals surface area contributed by atoms with Gasteiger partial charge in [-0.25, -0.2) is 0 Å². The van der Waals surface area contributed by atoms with Crippen molar-refractivity contribution in [1.29, 1.82) is 0 Å². The molecule has 0 bridgehead atoms. The van der Waals surface area contributed by atoms with Crippen LogP contribution in [0.5, 0.6) is 0 Å². The van der Waals surface area contributed by atoms with Gasteiger partial charge in [0.25, 0.3) is 0 Å². The van der Waals surface area contributed by atoms with Gasteiger partial charge >= 0.3 is 5.97 Å². The van der Waals surface area contributed by atoms with Gasteiger partial charge in [0.15, 0.2) is 0 Å². The van der Waals surface area contributed by atoms with E-state index in [1.807, 2.05) is 0 Å². The summed E-state index contributed by atoms with van der Waals surface area (Å²) in [5.74, 6) is 1.10. The second-order valence-electron chi connectivity index (χ2n) is 11.2. The first-order valence-electron chi connectivity index (χ1n) is 11.7. The van der Waals surface area contributed by atoms with Crippen LogP contribution in [0, 0.1) is 46.3 Å². The molecule has 10 atom stereocenters. The third-order valence-electron chi connectivity index (χ3n) is 10.2. The van der Waals surface area contributed by atoms with Crippen molar-refractivity contribution in [3.8, 4) is 0 Å². The first kappa shape index (κ1) is 21.3. The molecule has 0 radical (unpaired) electrons. The Hall–Kier alpha value is -0.940. The fraction of sp³-hybridized carbons (Fsp3) is 0.917. The summed E-state index contributed by atoms with van der Waals surface area (Å²) in [6, 6.07) is 0. The Morgan fingerprint density at radius 3 is 2.59 bits per heavy atom. The molecule has 4 saturated carbocycles. The number of hydrogen-bond acceptors (Lipinski definition) is 4. The average molecular weight is 407 g/mol. The number of rotatable bonds is 4. The van der Waals surface area contributed by atoms with E-state index in [-0.39, 0.29) is 46.8 Å². The minimum Gasteiger partial charge on any atom is -0.481 e. The smallest absolute Gasteiger partial charge is 0.303 e. The Kier molecular flexibility index (Phi) is 5.39. The van der Waals surface area contributed by atoms with Crippen LogP contribution in [0.15, 0.2) is 0 Å². The molecule has 0 spiro atoms. The second-order valence-corrected chi connectivity index (χ2v) is 11.2. The summed E-state index contributed by atoms with van der Waals surface area (Å²) in [6.07, 6.45) is 5.56. The summed E-state index contributed by atoms with van der Waals surface area (Å²) in [6.45, 7) is 6.66. The minimum absolute atomic E-state index is 0.0348. The largest absolute Gasteiger partial charge is 0.481 e. The fourth-order valence-electron chi connectivity index (χ4n) is 8.50. The van der Waals surface area contributed by atoms with Gasteiger partial charge in [0.1, 0.15) is 5.78 Å². The number of carbonyl (C=O) groups excluding carboxylic acids is 1. The number of hydrogen-bond donors (Lipinski definition) is 3. The van der Waals surface area contributed by atoms with E-state index in [9.17, 15) is 19.8 Å². The van der Waals surface area contributed by atoms with Crippen molar-refractivity contribution in [1.82, 2.24) is 0 Å². The molecule has 0 aromatic heterocycles. The number of carboxylic acids is 1. The van der Waals surface area contributed by atoms with E-state index in [0.717, 1.165) is 19.3 Å². The van der Waals surface area contributed by atoms with Crippen molar-refractivity contribution >= 4 is 11.8 Å². The van der Waals surface area contributed by atoms with E-state index in [2.05, 4.69) is 20.8 Å². The number of fused-ring (bicyclic) bond motifs is 5. The summed E-state index contributed by atoms with van der Waals surface area (Å²) in [4.78, 5) is 23.1. The zero-order valence-corrected chi connectivity index (χ0v) is 18.1. The molecule has 4 aliphatic rings. The van der Waals surface area contributed by atoms with Crippen LogP contribution in [0.1, 0.15) is 78.6 Å². The maximum absolute atomic E-state index is 12.1. The fourth-order valence-corrected chi connectivity index (χ4v) is 8.50. The summed E-state index contributed by atoms with van der Waals surface area (Å²) in [5, 5.41) is 31.8. The van der Waals surface area contributed by atoms with Crippen LogP contribution < -0.4 is 0 Å². The topological polar surface area (TPSA) is 94.8 Å². The molecule has 0 heterocycles. The lowest BCUT2D eigenvalue weighted by atomic mass is 9.43. The molecule has 0 amide bonds. The summed E-state index contributed by atoms with van der Waals surface area (Å²) >= 11 is 0. The van der Waals surface area contributed by atoms with E-state index < -0.39 is 18.2 Å². The molecule has 4 aliphatic carbocycles. The van der Waals surface area contributed by atoms with Crippen LogP contribution in [-0.4, -0.2) is 39.3 Å². The number of aliphatic hydroxyl groups is 2. The molecule has 3 N–H and O–H groups in total. The standard InChI is InChI=1S/C24H38O5/c1-13(4-7-21(28)29)16-5-6-17-22-18(12-20(27)24(16,17)3)23(2)9-8-15(25)10-14(23)11-19(22)26/h13-14,16-20,22,26-27H,4-12H2,1-3H3,(H,28,29)/t13-,14-,16-,17+,18+,19-,20+,22+,23+,24-/m0/s1. The molecular weight excluding hydrogens is 368 g/mol. The zero-order valence-electron chi connectivity index (χ0n) is 18.1. The average Bonchev–Trinajstić information content (AvgIpc) is 3.01. The van der Waals surface area contributed by atoms with Crippen LogP contribution in [0.2, 0.25) is 0 Å². The Bertz CT molecular complexity index is 676. The van der Waals surface area contributed by atoms with Gasteiger partial charge in [-0.05, 0) is 84.9 Å². The maximum atomic E-state index is 12.1. The Balaban J connectivity index is 1.61. The Morgan fingerprint density at radius 2 is 1.90 bits per heavy atom. The van der Waals surface area contributed by atoms with Gasteiger partial charge in [-0.15, -0.1) is 0 Å². The van der Waals surface area contributed by atoms with E-state index in [1.165, 1.54) is 0 Å². The molecule has 5 heteroatoms. The van der Waals surface area contributed by atoms with Crippen molar-refractivity contribution in [2.75, 3.05) is 0 Å². The molecule has 4 rings (SSSR count). The third-order valence-corrected chi connectivity index (χ3v) is 10.2. The van der Waals surface area contributed by atoms with E-state index in [0.29, 0.717) is 43.8 Å². The molecule has 5 nitrogen and oxygen atoms in total. The number of ketones is 1. The highest BCUT2D eigenvalue weighted by atomic mass is 16.4. The van der Waals surface area contributed by atoms with Crippen molar-refractivity contribution in [3.05, 3.63) is 0 Å². The normalized spacial score (nSPS) is 50.4. The second kappa shape index (κ2) is 7.33. The van der Waals surface area contributed by atoms with Crippen LogP contribution in [0.3, 0.4) is 0 Å². The van der Waals surface area contributed by atoms with Gasteiger partial charge in [0, 0.05) is 19.3 Å². The lowest BCUT2D eigenvalue weighted by Gasteiger charge is -2.63. The first-order chi connectivity index (χ1) is 13.6. The number of Topliss-reactive ketones (excluding diaryl/α,β-unsaturated/α-hetero) is 1. The van der Waals surface area contributed by atoms with Gasteiger partial charge in [-0.2, -0.15) is 0 Å². The lowest BCUT2D eigenvalue weighted by Crippen LogP contribution is -2.62. The maximum Gasteiger partial charge on any atom is 0.303 e. The van der Waals surface area contributed by atoms with E-state index >= 15 is 0 Å². The predicted octanol–water partition coefficient (Wildman–Crippen LogP) is 3.66. The highest BCUT2D eigenvalue weighted by molar-refractivity contribution is 5.79. The minimum atomic E-state index is -0.755. The predicted molar refractivity (Wildman–Crippen MR) is 109 cm³/mol. The highest BCUT2D eigenvalue weighted by Gasteiger charge is 2.65. The van der Waals surface area contributed by atoms with Gasteiger partial charge in [0.05, 0.1) is 12.2 Å². The number of aliphatic carboxylic acids is 1. The molecule has 29 heavy (non-hydrogen) atoms. The molecule has 0 saturated heterocycles. The third kappa shape index (κ3) is 3.18. The van der Waals surface area contributed by atoms with Gasteiger partial charge in [-0.3, -0.25) is 9.59 Å². The monoisotopic (exact) mass is 406 g/mol. The van der Waals surface area contributed by atoms with Crippen molar-refractivity contribution in [3.63, 3.8) is 0 Å². The molecule has 164 valence electrons. The van der Waals surface area contributed by atoms with Crippen LogP contribution in [0.25, 0.3) is 0 Å². The van der Waals surface area contributed by atoms with E-state index in [1.54, 1.807) is 0 Å². The van der Waals surface area contributed by atoms with Crippen molar-refractivity contribution in [2.45, 2.75) is 90.8 Å². The number of carbonyl (C=O) groups is 2. The van der Waals surface area contributed by atoms with E-state index in [4.69, 9.17) is 5.11 Å². The highest BCUT2D eigenvalue weighted by Crippen LogP contribution is 2.68. The number of carboxylic acid groups (broad SMARTS) is 1. The summed E-state index contributed by atoms with van der Waals surface area (Å²) < 4.78 is 0. The van der Waals surface area contributed by atoms with Gasteiger partial charge in [-0.1, -0.05) is 20.8 Å². The molecule has 0 unspecified atom stereocenters. The van der Waals surface area contributed by atoms with Gasteiger partial charge in [0.2, 0.25) is 0 Å². The van der Waals surface area contributed by atoms with Crippen LogP contribution in [-0.2, 0) is 9.59 Å².